The van der Waals surface area contributed by atoms with Crippen molar-refractivity contribution in [1.82, 2.24) is 27.4 Å². The lowest BCUT2D eigenvalue weighted by Crippen LogP contribution is -2.07. The molecule has 1 N–H and O–H groups in total. The Balaban J connectivity index is 0.000000119. The second-order valence-corrected chi connectivity index (χ2v) is 44.1. The molecule has 148 heavy (non-hydrogen) atoms. The number of nitrogens with zero attached hydrogens (tertiary/aromatic N) is 6. The number of benzene rings is 22. The molecule has 0 spiro atoms. The molecule has 2 aliphatic heterocycles. The second-order valence-electron chi connectivity index (χ2n) is 39.5. The number of sulfone groups is 2. The van der Waals surface area contributed by atoms with Gasteiger partial charge in [-0.15, -0.1) is 0 Å². The number of hydrogen-bond donors (Lipinski definition) is 1. The molecule has 0 saturated carbocycles. The highest BCUT2D eigenvalue weighted by atomic mass is 79.9. The first-order chi connectivity index (χ1) is 72.7. The molecule has 2 aliphatic carbocycles. The molecule has 0 saturated heterocycles. The minimum atomic E-state index is -3.51. The maximum atomic E-state index is 13.3. The van der Waals surface area contributed by atoms with Crippen LogP contribution in [0.25, 0.3) is 220 Å². The van der Waals surface area contributed by atoms with Crippen molar-refractivity contribution in [3.8, 4) is 73.3 Å². The summed E-state index contributed by atoms with van der Waals surface area (Å²) in [4.78, 5) is 1.37. The molecule has 0 amide bonds. The number of rotatable bonds is 9. The third kappa shape index (κ3) is 13.2. The lowest BCUT2D eigenvalue weighted by Gasteiger charge is -2.22. The summed E-state index contributed by atoms with van der Waals surface area (Å²) in [5.74, 6) is 0.392. The number of hydrogen-bond acceptors (Lipinski definition) is 6. The smallest absolute Gasteiger partial charge is 0.537 e. The molecule has 16 heteroatoms. The van der Waals surface area contributed by atoms with E-state index in [1.165, 1.54) is 204 Å². The monoisotopic (exact) mass is 2000 g/mol. The van der Waals surface area contributed by atoms with Gasteiger partial charge in [-0.3, -0.25) is 0 Å². The molecule has 6 aromatic heterocycles. The number of fused-ring (bicyclic) bond motifs is 30. The Morgan fingerprint density at radius 2 is 0.473 bits per heavy atom. The van der Waals surface area contributed by atoms with Crippen molar-refractivity contribution in [3.63, 3.8) is 0 Å². The van der Waals surface area contributed by atoms with Crippen LogP contribution in [-0.4, -0.2) is 56.9 Å². The molecule has 0 fully saturated rings. The van der Waals surface area contributed by atoms with Crippen LogP contribution in [0.2, 0.25) is 0 Å². The number of halogens is 1. The molecule has 22 aromatic carbocycles. The van der Waals surface area contributed by atoms with Gasteiger partial charge < -0.3 is 37.1 Å². The zero-order chi connectivity index (χ0) is 98.2. The predicted molar refractivity (Wildman–Crippen MR) is 608 cm³/mol. The van der Waals surface area contributed by atoms with Crippen molar-refractivity contribution >= 4 is 196 Å². The molecule has 12 nitrogen and oxygen atoms in total. The Bertz CT molecular complexity index is 10400. The summed E-state index contributed by atoms with van der Waals surface area (Å²) in [6.45, 7) is 0. The van der Waals surface area contributed by atoms with Crippen molar-refractivity contribution in [2.45, 2.75) is 45.3 Å². The SMILES string of the molecule is Brc1ccc2c(c1)Cc1cc3ccc(-n4c5ccc(-n6c7ccccc7c7ccccc76)cc5c5cc(-n6c7ccccc7c7ccccc76)ccc54)cc3cc1C2.O=S1(=O)c2ccccc2-c2cc(-c3ccc4c(c3)Cc3cc5ccc(-n6c7ccc(-n8c9ccccc9c9ccccc98)cc7c7cc(-n8c9ccccc9c9ccccc98)ccc76)cc5cc3C4)ccc21.O=S1(=O)c2ccccc2-c2cc(O[B]O)ccc21. The van der Waals surface area contributed by atoms with Crippen LogP contribution in [-0.2, 0) is 45.4 Å². The van der Waals surface area contributed by atoms with E-state index in [-0.39, 0.29) is 4.90 Å². The molecular weight excluding hydrogens is 1920 g/mol. The van der Waals surface area contributed by atoms with Gasteiger partial charge in [0.05, 0.1) is 85.8 Å². The summed E-state index contributed by atoms with van der Waals surface area (Å²) in [5, 5.41) is 28.5. The van der Waals surface area contributed by atoms with Gasteiger partial charge in [0.15, 0.2) is 0 Å². The molecule has 0 atom stereocenters. The summed E-state index contributed by atoms with van der Waals surface area (Å²) in [5.41, 5.74) is 37.2. The normalized spacial score (nSPS) is 13.4. The summed E-state index contributed by atoms with van der Waals surface area (Å²) in [7, 11) is -6.37. The molecule has 32 rings (SSSR count). The van der Waals surface area contributed by atoms with Crippen molar-refractivity contribution in [2.75, 3.05) is 0 Å². The van der Waals surface area contributed by atoms with Crippen molar-refractivity contribution < 1.29 is 26.5 Å². The standard InChI is InChI=1S/C66H41N3O2S.C54H34BrN3.C12H8BO4S/c70-72(71)65-20-10-5-15-55(65)58-37-43(24-30-66(58)72)40-21-22-41-32-46-35-47-36-48(25-23-42(47)33-45(46)34-44(41)31-40)67-63-28-26-49(68-59-16-6-1-11-51(59)52-12-2-7-17-60(52)68)38-56(63)57-39-50(27-29-64(57)67)69-61-18-8-3-13-53(61)54-14-4-9-19-62(54)69;55-39-19-17-33-25-36-28-38-30-40(20-18-34(38)26-35(36)27-37(33)29-39)56-53-23-21-41(57-49-13-5-1-9-43(49)44-10-2-6-14-50(44)57)31-47(53)48-32-42(22-24-54(48)56)58-51-15-7-3-11-45(51)46-12-4-8-16-52(46)58;14-13-17-8-5-6-12-10(7-8)9-3-1-2-4-11(9)18(12,15)16/h1-31,33,35-39H,32,34H2;1-24,26,28-32H,25,27H2;1-7,14H. The van der Waals surface area contributed by atoms with Crippen LogP contribution in [0.15, 0.2) is 473 Å². The van der Waals surface area contributed by atoms with Crippen LogP contribution in [0.3, 0.4) is 0 Å². The first-order valence-electron chi connectivity index (χ1n) is 49.9. The maximum absolute atomic E-state index is 13.3. The Hall–Kier alpha value is -17.6. The Kier molecular flexibility index (Phi) is 19.1. The van der Waals surface area contributed by atoms with E-state index in [0.717, 1.165) is 91.9 Å². The third-order valence-corrected chi connectivity index (χ3v) is 35.7. The fraction of sp³-hybridized carbons (Fsp3) is 0.0303. The zero-order valence-electron chi connectivity index (χ0n) is 79.5. The highest BCUT2D eigenvalue weighted by Crippen LogP contribution is 2.51. The van der Waals surface area contributed by atoms with Gasteiger partial charge >= 0.3 is 7.69 Å². The summed E-state index contributed by atoms with van der Waals surface area (Å²) < 4.78 is 71.8. The Morgan fingerprint density at radius 1 is 0.209 bits per heavy atom. The van der Waals surface area contributed by atoms with Crippen molar-refractivity contribution in [1.29, 1.82) is 0 Å². The van der Waals surface area contributed by atoms with E-state index < -0.39 is 19.7 Å². The fourth-order valence-corrected chi connectivity index (χ4v) is 28.6. The molecule has 0 bridgehead atoms. The lowest BCUT2D eigenvalue weighted by molar-refractivity contribution is 0.453. The van der Waals surface area contributed by atoms with Gasteiger partial charge in [-0.25, -0.2) is 16.8 Å². The Morgan fingerprint density at radius 3 is 0.838 bits per heavy atom. The highest BCUT2D eigenvalue weighted by Gasteiger charge is 2.36. The molecule has 28 aromatic rings. The average Bonchev–Trinajstić information content (AvgIpc) is 1.48. The minimum Gasteiger partial charge on any atom is -0.537 e. The summed E-state index contributed by atoms with van der Waals surface area (Å²) in [6.07, 6.45) is 3.63. The molecule has 699 valence electrons. The van der Waals surface area contributed by atoms with E-state index >= 15 is 0 Å². The van der Waals surface area contributed by atoms with Crippen molar-refractivity contribution in [2.24, 2.45) is 0 Å². The molecule has 8 heterocycles. The third-order valence-electron chi connectivity index (χ3n) is 31.5. The maximum Gasteiger partial charge on any atom is 0.569 e. The van der Waals surface area contributed by atoms with Gasteiger partial charge in [-0.05, 0) is 303 Å². The number of para-hydroxylation sites is 8. The van der Waals surface area contributed by atoms with Gasteiger partial charge in [-0.2, -0.15) is 0 Å². The van der Waals surface area contributed by atoms with E-state index in [2.05, 4.69) is 413 Å². The van der Waals surface area contributed by atoms with E-state index in [1.54, 1.807) is 48.5 Å². The largest absolute Gasteiger partial charge is 0.569 e. The van der Waals surface area contributed by atoms with Gasteiger partial charge in [0.25, 0.3) is 0 Å². The van der Waals surface area contributed by atoms with Crippen LogP contribution in [0, 0.1) is 0 Å². The molecule has 0 unspecified atom stereocenters. The summed E-state index contributed by atoms with van der Waals surface area (Å²) >= 11 is 3.69. The molecule has 4 aliphatic rings. The highest BCUT2D eigenvalue weighted by molar-refractivity contribution is 9.10. The average molecular weight is 2000 g/mol. The van der Waals surface area contributed by atoms with Crippen LogP contribution in [0.4, 0.5) is 0 Å². The van der Waals surface area contributed by atoms with E-state index in [0.29, 0.717) is 39.2 Å². The first-order valence-corrected chi connectivity index (χ1v) is 53.7. The lowest BCUT2D eigenvalue weighted by atomic mass is 9.83. The second kappa shape index (κ2) is 32.9. The van der Waals surface area contributed by atoms with Crippen LogP contribution < -0.4 is 4.65 Å². The van der Waals surface area contributed by atoms with Crippen molar-refractivity contribution in [3.05, 3.63) is 498 Å². The molecule has 1 radical (unpaired) electrons. The van der Waals surface area contributed by atoms with Crippen LogP contribution in [0.5, 0.6) is 5.75 Å². The first kappa shape index (κ1) is 85.9. The summed E-state index contributed by atoms with van der Waals surface area (Å²) in [6, 6.07) is 160. The quantitative estimate of drug-likeness (QED) is 0.143. The predicted octanol–water partition coefficient (Wildman–Crippen LogP) is 31.9. The van der Waals surface area contributed by atoms with Gasteiger partial charge in [0.2, 0.25) is 19.7 Å². The van der Waals surface area contributed by atoms with Crippen LogP contribution >= 0.6 is 15.9 Å². The minimum absolute atomic E-state index is 0.272. The van der Waals surface area contributed by atoms with Gasteiger partial charge in [0.1, 0.15) is 5.75 Å². The van der Waals surface area contributed by atoms with Gasteiger partial charge in [0, 0.05) is 125 Å². The van der Waals surface area contributed by atoms with Gasteiger partial charge in [-0.1, -0.05) is 265 Å². The van der Waals surface area contributed by atoms with E-state index in [1.807, 2.05) is 18.2 Å². The van der Waals surface area contributed by atoms with Crippen LogP contribution in [0.1, 0.15) is 44.5 Å². The Labute approximate surface area is 859 Å². The number of aromatic nitrogens is 6. The topological polar surface area (TPSA) is 127 Å². The molecular formula is C132H83BBrN6O6S2. The van der Waals surface area contributed by atoms with E-state index in [9.17, 15) is 16.8 Å². The zero-order valence-corrected chi connectivity index (χ0v) is 82.7. The van der Waals surface area contributed by atoms with E-state index in [4.69, 9.17) is 9.68 Å². The fourth-order valence-electron chi connectivity index (χ4n) is 24.8.